The van der Waals surface area contributed by atoms with Gasteiger partial charge in [-0.3, -0.25) is 0 Å². The van der Waals surface area contributed by atoms with Crippen LogP contribution < -0.4 is 0 Å². The second kappa shape index (κ2) is 5.49. The van der Waals surface area contributed by atoms with Gasteiger partial charge in [-0.25, -0.2) is 9.59 Å². The molecule has 74 valence electrons. The van der Waals surface area contributed by atoms with Gasteiger partial charge in [-0.2, -0.15) is 4.99 Å². The van der Waals surface area contributed by atoms with Crippen molar-refractivity contribution in [3.05, 3.63) is 0 Å². The van der Waals surface area contributed by atoms with Crippen molar-refractivity contribution in [2.45, 2.75) is 39.2 Å². The predicted molar refractivity (Wildman–Crippen MR) is 48.1 cm³/mol. The molecule has 0 N–H and O–H groups in total. The lowest BCUT2D eigenvalue weighted by Crippen LogP contribution is -2.37. The third-order valence-electron chi connectivity index (χ3n) is 2.08. The van der Waals surface area contributed by atoms with E-state index < -0.39 is 11.5 Å². The van der Waals surface area contributed by atoms with Crippen LogP contribution in [-0.2, 0) is 14.3 Å². The van der Waals surface area contributed by atoms with Crippen LogP contribution in [0.15, 0.2) is 4.99 Å². The molecule has 0 aliphatic carbocycles. The summed E-state index contributed by atoms with van der Waals surface area (Å²) in [7, 11) is 0. The summed E-state index contributed by atoms with van der Waals surface area (Å²) in [4.78, 5) is 25.1. The maximum Gasteiger partial charge on any atom is 0.334 e. The van der Waals surface area contributed by atoms with E-state index in [9.17, 15) is 9.59 Å². The van der Waals surface area contributed by atoms with Crippen molar-refractivity contribution >= 4 is 12.0 Å². The smallest absolute Gasteiger partial charge is 0.334 e. The lowest BCUT2D eigenvalue weighted by Gasteiger charge is -2.22. The zero-order valence-corrected chi connectivity index (χ0v) is 8.29. The molecule has 0 rings (SSSR count). The molecular formula is C9H15NO3. The van der Waals surface area contributed by atoms with Crippen molar-refractivity contribution in [1.29, 1.82) is 0 Å². The normalized spacial score (nSPS) is 10.4. The van der Waals surface area contributed by atoms with Gasteiger partial charge in [0.25, 0.3) is 0 Å². The van der Waals surface area contributed by atoms with Gasteiger partial charge in [-0.15, -0.1) is 0 Å². The Morgan fingerprint density at radius 3 is 2.23 bits per heavy atom. The summed E-state index contributed by atoms with van der Waals surface area (Å²) in [5, 5.41) is 0. The van der Waals surface area contributed by atoms with Gasteiger partial charge in [-0.05, 0) is 19.8 Å². The first-order chi connectivity index (χ1) is 6.16. The predicted octanol–water partition coefficient (Wildman–Crippen LogP) is 1.44. The van der Waals surface area contributed by atoms with Crippen LogP contribution in [0, 0.1) is 0 Å². The summed E-state index contributed by atoms with van der Waals surface area (Å²) in [5.41, 5.74) is -1.02. The minimum Gasteiger partial charge on any atom is -0.464 e. The van der Waals surface area contributed by atoms with Crippen LogP contribution in [0.25, 0.3) is 0 Å². The van der Waals surface area contributed by atoms with Crippen LogP contribution in [0.1, 0.15) is 33.6 Å². The average Bonchev–Trinajstić information content (AvgIpc) is 2.14. The number of aliphatic imine (C=N–C) groups is 1. The molecular weight excluding hydrogens is 170 g/mol. The SMILES string of the molecule is CCOC(=O)C(CC)(CC)N=C=O. The van der Waals surface area contributed by atoms with Crippen LogP contribution in [0.2, 0.25) is 0 Å². The van der Waals surface area contributed by atoms with E-state index in [1.807, 2.05) is 0 Å². The van der Waals surface area contributed by atoms with Crippen molar-refractivity contribution in [2.75, 3.05) is 6.61 Å². The number of isocyanates is 1. The molecule has 0 aromatic carbocycles. The van der Waals surface area contributed by atoms with E-state index in [4.69, 9.17) is 4.74 Å². The highest BCUT2D eigenvalue weighted by atomic mass is 16.5. The molecule has 0 aliphatic rings. The topological polar surface area (TPSA) is 55.7 Å². The number of nitrogens with zero attached hydrogens (tertiary/aromatic N) is 1. The first-order valence-electron chi connectivity index (χ1n) is 4.43. The number of rotatable bonds is 5. The van der Waals surface area contributed by atoms with Crippen LogP contribution in [0.3, 0.4) is 0 Å². The number of carbonyl (C=O) groups excluding carboxylic acids is 2. The molecule has 0 aromatic heterocycles. The third kappa shape index (κ3) is 2.67. The minimum absolute atomic E-state index is 0.301. The second-order valence-corrected chi connectivity index (χ2v) is 2.66. The quantitative estimate of drug-likeness (QED) is 0.370. The highest BCUT2D eigenvalue weighted by Crippen LogP contribution is 2.21. The van der Waals surface area contributed by atoms with Crippen LogP contribution in [0.4, 0.5) is 0 Å². The van der Waals surface area contributed by atoms with E-state index in [-0.39, 0.29) is 0 Å². The van der Waals surface area contributed by atoms with Crippen molar-refractivity contribution in [1.82, 2.24) is 0 Å². The van der Waals surface area contributed by atoms with Crippen molar-refractivity contribution in [2.24, 2.45) is 4.99 Å². The van der Waals surface area contributed by atoms with E-state index in [1.165, 1.54) is 6.08 Å². The lowest BCUT2D eigenvalue weighted by atomic mass is 9.94. The van der Waals surface area contributed by atoms with Gasteiger partial charge in [0.15, 0.2) is 5.54 Å². The van der Waals surface area contributed by atoms with Crippen LogP contribution in [-0.4, -0.2) is 24.2 Å². The molecule has 0 aliphatic heterocycles. The van der Waals surface area contributed by atoms with Crippen LogP contribution >= 0.6 is 0 Å². The van der Waals surface area contributed by atoms with Gasteiger partial charge in [-0.1, -0.05) is 13.8 Å². The van der Waals surface area contributed by atoms with Crippen molar-refractivity contribution in [3.63, 3.8) is 0 Å². The zero-order valence-electron chi connectivity index (χ0n) is 8.29. The van der Waals surface area contributed by atoms with E-state index in [2.05, 4.69) is 4.99 Å². The Morgan fingerprint density at radius 2 is 1.92 bits per heavy atom. The number of carbonyl (C=O) groups is 1. The second-order valence-electron chi connectivity index (χ2n) is 2.66. The highest BCUT2D eigenvalue weighted by Gasteiger charge is 2.36. The summed E-state index contributed by atoms with van der Waals surface area (Å²) in [6, 6.07) is 0. The maximum absolute atomic E-state index is 11.4. The minimum atomic E-state index is -1.02. The van der Waals surface area contributed by atoms with Crippen molar-refractivity contribution < 1.29 is 14.3 Å². The first kappa shape index (κ1) is 11.8. The summed E-state index contributed by atoms with van der Waals surface area (Å²) in [5.74, 6) is -0.441. The van der Waals surface area contributed by atoms with E-state index in [1.54, 1.807) is 20.8 Å². The molecule has 4 nitrogen and oxygen atoms in total. The van der Waals surface area contributed by atoms with E-state index in [0.717, 1.165) is 0 Å². The molecule has 0 heterocycles. The molecule has 0 radical (unpaired) electrons. The number of hydrogen-bond donors (Lipinski definition) is 0. The van der Waals surface area contributed by atoms with Gasteiger partial charge in [0, 0.05) is 0 Å². The van der Waals surface area contributed by atoms with Gasteiger partial charge in [0.05, 0.1) is 6.61 Å². The first-order valence-corrected chi connectivity index (χ1v) is 4.43. The molecule has 13 heavy (non-hydrogen) atoms. The van der Waals surface area contributed by atoms with Gasteiger partial charge < -0.3 is 4.74 Å². The Labute approximate surface area is 78.0 Å². The Balaban J connectivity index is 4.74. The number of esters is 1. The molecule has 0 bridgehead atoms. The van der Waals surface area contributed by atoms with E-state index >= 15 is 0 Å². The average molecular weight is 185 g/mol. The Hall–Kier alpha value is -1.15. The largest absolute Gasteiger partial charge is 0.464 e. The van der Waals surface area contributed by atoms with Crippen LogP contribution in [0.5, 0.6) is 0 Å². The maximum atomic E-state index is 11.4. The molecule has 4 heteroatoms. The standard InChI is InChI=1S/C9H15NO3/c1-4-9(5-2,10-7-11)8(12)13-6-3/h4-6H2,1-3H3. The van der Waals surface area contributed by atoms with Gasteiger partial charge in [0.1, 0.15) is 0 Å². The Morgan fingerprint density at radius 1 is 1.38 bits per heavy atom. The fraction of sp³-hybridized carbons (Fsp3) is 0.778. The highest BCUT2D eigenvalue weighted by molar-refractivity contribution is 5.81. The Kier molecular flexibility index (Phi) is 5.00. The molecule has 0 aromatic rings. The number of hydrogen-bond acceptors (Lipinski definition) is 4. The summed E-state index contributed by atoms with van der Waals surface area (Å²) in [6.45, 7) is 5.61. The molecule has 0 saturated carbocycles. The number of ether oxygens (including phenoxy) is 1. The molecule has 0 unspecified atom stereocenters. The Bertz CT molecular complexity index is 215. The summed E-state index contributed by atoms with van der Waals surface area (Å²) >= 11 is 0. The molecule has 0 saturated heterocycles. The zero-order chi connectivity index (χ0) is 10.3. The lowest BCUT2D eigenvalue weighted by molar-refractivity contribution is -0.149. The van der Waals surface area contributed by atoms with Gasteiger partial charge >= 0.3 is 5.97 Å². The summed E-state index contributed by atoms with van der Waals surface area (Å²) in [6.07, 6.45) is 2.34. The molecule has 0 spiro atoms. The molecule has 0 fully saturated rings. The fourth-order valence-electron chi connectivity index (χ4n) is 1.10. The van der Waals surface area contributed by atoms with Crippen molar-refractivity contribution in [3.8, 4) is 0 Å². The monoisotopic (exact) mass is 185 g/mol. The molecule has 0 atom stereocenters. The fourth-order valence-corrected chi connectivity index (χ4v) is 1.10. The summed E-state index contributed by atoms with van der Waals surface area (Å²) < 4.78 is 4.83. The van der Waals surface area contributed by atoms with Gasteiger partial charge in [0.2, 0.25) is 6.08 Å². The molecule has 0 amide bonds. The van der Waals surface area contributed by atoms with E-state index in [0.29, 0.717) is 19.4 Å². The third-order valence-corrected chi connectivity index (χ3v) is 2.08.